The Morgan fingerprint density at radius 2 is 1.74 bits per heavy atom. The Balaban J connectivity index is 1.96. The molecule has 2 aromatic heterocycles. The molecule has 4 rings (SSSR count). The standard InChI is InChI=1S/C22H17ClF3IN4O4/c23-14-8-6-13(7-9-14)12-30-17-18(31(27)21(34)29(19(17)33)10-3-11-32)28-20(30)35-16-5-2-1-4-15(16)22(24,25)26/h1-2,4-9,32H,3,10-12H2. The molecule has 0 saturated heterocycles. The summed E-state index contributed by atoms with van der Waals surface area (Å²) in [6.45, 7) is -0.286. The highest BCUT2D eigenvalue weighted by Gasteiger charge is 2.35. The van der Waals surface area contributed by atoms with Crippen molar-refractivity contribution in [3.63, 3.8) is 0 Å². The second-order valence-corrected chi connectivity index (χ2v) is 8.87. The zero-order valence-electron chi connectivity index (χ0n) is 17.8. The maximum atomic E-state index is 13.6. The first kappa shape index (κ1) is 25.3. The minimum absolute atomic E-state index is 0.00126. The number of ether oxygens (including phenoxy) is 1. The summed E-state index contributed by atoms with van der Waals surface area (Å²) in [6, 6.07) is 11.0. The van der Waals surface area contributed by atoms with E-state index in [0.717, 1.165) is 19.5 Å². The third kappa shape index (κ3) is 5.09. The molecule has 0 unspecified atom stereocenters. The van der Waals surface area contributed by atoms with Crippen molar-refractivity contribution in [3.8, 4) is 11.8 Å². The normalized spacial score (nSPS) is 11.8. The lowest BCUT2D eigenvalue weighted by atomic mass is 10.2. The number of fused-ring (bicyclic) bond motifs is 1. The van der Waals surface area contributed by atoms with E-state index in [1.807, 2.05) is 0 Å². The predicted octanol–water partition coefficient (Wildman–Crippen LogP) is 4.45. The predicted molar refractivity (Wildman–Crippen MR) is 131 cm³/mol. The van der Waals surface area contributed by atoms with E-state index in [-0.39, 0.29) is 43.3 Å². The van der Waals surface area contributed by atoms with E-state index in [2.05, 4.69) is 4.98 Å². The highest BCUT2D eigenvalue weighted by atomic mass is 127. The Kier molecular flexibility index (Phi) is 7.24. The molecule has 0 atom stereocenters. The first-order chi connectivity index (χ1) is 16.6. The number of imidazole rings is 1. The van der Waals surface area contributed by atoms with Crippen molar-refractivity contribution in [3.05, 3.63) is 85.5 Å². The molecule has 0 amide bonds. The van der Waals surface area contributed by atoms with Crippen LogP contribution in [0.5, 0.6) is 11.8 Å². The van der Waals surface area contributed by atoms with E-state index in [1.165, 1.54) is 16.7 Å². The Morgan fingerprint density at radius 1 is 1.06 bits per heavy atom. The molecule has 0 saturated carbocycles. The zero-order valence-corrected chi connectivity index (χ0v) is 20.7. The topological polar surface area (TPSA) is 91.3 Å². The molecular weight excluding hydrogens is 604 g/mol. The number of aromatic nitrogens is 4. The van der Waals surface area contributed by atoms with E-state index in [0.29, 0.717) is 10.6 Å². The minimum atomic E-state index is -4.69. The third-order valence-electron chi connectivity index (χ3n) is 5.13. The second-order valence-electron chi connectivity index (χ2n) is 7.47. The van der Waals surface area contributed by atoms with Crippen molar-refractivity contribution in [2.45, 2.75) is 25.7 Å². The van der Waals surface area contributed by atoms with Gasteiger partial charge in [0, 0.05) is 18.2 Å². The smallest absolute Gasteiger partial charge is 0.419 e. The van der Waals surface area contributed by atoms with Crippen LogP contribution in [0.2, 0.25) is 5.02 Å². The summed E-state index contributed by atoms with van der Waals surface area (Å²) in [5.74, 6) is -0.504. The summed E-state index contributed by atoms with van der Waals surface area (Å²) in [5.41, 5.74) is -1.84. The molecule has 184 valence electrons. The molecule has 0 fully saturated rings. The van der Waals surface area contributed by atoms with Crippen LogP contribution in [0.3, 0.4) is 0 Å². The molecule has 13 heteroatoms. The molecule has 0 aliphatic carbocycles. The van der Waals surface area contributed by atoms with Crippen molar-refractivity contribution < 1.29 is 23.0 Å². The van der Waals surface area contributed by atoms with Gasteiger partial charge >= 0.3 is 17.9 Å². The number of nitrogens with zero attached hydrogens (tertiary/aromatic N) is 4. The van der Waals surface area contributed by atoms with Crippen molar-refractivity contribution in [2.24, 2.45) is 0 Å². The van der Waals surface area contributed by atoms with Crippen LogP contribution in [0.4, 0.5) is 13.2 Å². The number of halogens is 5. The molecule has 0 aliphatic rings. The van der Waals surface area contributed by atoms with Crippen LogP contribution in [0.15, 0.2) is 58.1 Å². The van der Waals surface area contributed by atoms with E-state index >= 15 is 0 Å². The Morgan fingerprint density at radius 3 is 2.40 bits per heavy atom. The van der Waals surface area contributed by atoms with Gasteiger partial charge in [-0.1, -0.05) is 35.9 Å². The van der Waals surface area contributed by atoms with Gasteiger partial charge in [0.15, 0.2) is 11.2 Å². The van der Waals surface area contributed by atoms with E-state index in [4.69, 9.17) is 21.4 Å². The van der Waals surface area contributed by atoms with Crippen LogP contribution in [0.1, 0.15) is 17.5 Å². The van der Waals surface area contributed by atoms with Crippen molar-refractivity contribution in [1.29, 1.82) is 0 Å². The van der Waals surface area contributed by atoms with Gasteiger partial charge in [-0.15, -0.1) is 0 Å². The molecule has 2 heterocycles. The van der Waals surface area contributed by atoms with Crippen LogP contribution in [0.25, 0.3) is 11.2 Å². The van der Waals surface area contributed by atoms with Crippen LogP contribution in [-0.4, -0.2) is 28.6 Å². The van der Waals surface area contributed by atoms with Gasteiger partial charge in [-0.2, -0.15) is 18.2 Å². The highest BCUT2D eigenvalue weighted by molar-refractivity contribution is 14.1. The van der Waals surface area contributed by atoms with Crippen molar-refractivity contribution >= 4 is 45.6 Å². The Labute approximate surface area is 214 Å². The number of alkyl halides is 3. The molecule has 0 aliphatic heterocycles. The van der Waals surface area contributed by atoms with Crippen LogP contribution in [0, 0.1) is 0 Å². The fraction of sp³-hybridized carbons (Fsp3) is 0.227. The zero-order chi connectivity index (χ0) is 25.3. The van der Waals surface area contributed by atoms with Gasteiger partial charge in [0.1, 0.15) is 5.75 Å². The van der Waals surface area contributed by atoms with Gasteiger partial charge in [0.05, 0.1) is 35.0 Å². The summed E-state index contributed by atoms with van der Waals surface area (Å²) in [4.78, 5) is 30.3. The fourth-order valence-corrected chi connectivity index (χ4v) is 4.21. The molecule has 4 aromatic rings. The monoisotopic (exact) mass is 620 g/mol. The van der Waals surface area contributed by atoms with Crippen LogP contribution in [-0.2, 0) is 19.3 Å². The van der Waals surface area contributed by atoms with Gasteiger partial charge in [-0.3, -0.25) is 13.9 Å². The molecule has 35 heavy (non-hydrogen) atoms. The van der Waals surface area contributed by atoms with E-state index < -0.39 is 28.7 Å². The lowest BCUT2D eigenvalue weighted by Gasteiger charge is -2.14. The summed E-state index contributed by atoms with van der Waals surface area (Å²) >= 11 is 7.62. The van der Waals surface area contributed by atoms with Gasteiger partial charge in [-0.25, -0.2) is 7.58 Å². The summed E-state index contributed by atoms with van der Waals surface area (Å²) in [6.07, 6.45) is -4.53. The number of para-hydroxylation sites is 1. The van der Waals surface area contributed by atoms with Gasteiger partial charge in [0.2, 0.25) is 0 Å². The first-order valence-electron chi connectivity index (χ1n) is 10.2. The lowest BCUT2D eigenvalue weighted by molar-refractivity contribution is -0.138. The first-order valence-corrected chi connectivity index (χ1v) is 11.6. The molecular formula is C22H17ClF3IN4O4. The number of aliphatic hydroxyl groups is 1. The van der Waals surface area contributed by atoms with E-state index in [1.54, 1.807) is 47.1 Å². The summed E-state index contributed by atoms with van der Waals surface area (Å²) in [5, 5.41) is 9.64. The second kappa shape index (κ2) is 10.0. The molecule has 1 N–H and O–H groups in total. The quantitative estimate of drug-likeness (QED) is 0.309. The average molecular weight is 621 g/mol. The maximum absolute atomic E-state index is 13.6. The van der Waals surface area contributed by atoms with Crippen LogP contribution < -0.4 is 16.0 Å². The number of hydrogen-bond donors (Lipinski definition) is 1. The number of aliphatic hydroxyl groups excluding tert-OH is 1. The number of benzene rings is 2. The van der Waals surface area contributed by atoms with Gasteiger partial charge in [-0.05, 0) is 36.2 Å². The average Bonchev–Trinajstić information content (AvgIpc) is 3.17. The highest BCUT2D eigenvalue weighted by Crippen LogP contribution is 2.38. The number of rotatable bonds is 7. The van der Waals surface area contributed by atoms with Gasteiger partial charge < -0.3 is 9.84 Å². The molecule has 8 nitrogen and oxygen atoms in total. The Hall–Kier alpha value is -2.84. The Bertz CT molecular complexity index is 1500. The molecule has 0 bridgehead atoms. The molecule has 0 radical (unpaired) electrons. The van der Waals surface area contributed by atoms with Crippen LogP contribution >= 0.6 is 34.5 Å². The van der Waals surface area contributed by atoms with Gasteiger partial charge in [0.25, 0.3) is 5.56 Å². The fourth-order valence-electron chi connectivity index (χ4n) is 3.49. The van der Waals surface area contributed by atoms with E-state index in [9.17, 15) is 22.8 Å². The molecule has 2 aromatic carbocycles. The maximum Gasteiger partial charge on any atom is 0.419 e. The third-order valence-corrected chi connectivity index (χ3v) is 6.26. The minimum Gasteiger partial charge on any atom is -0.425 e. The lowest BCUT2D eigenvalue weighted by Crippen LogP contribution is -2.38. The SMILES string of the molecule is O=c1c2c(nc(Oc3ccccc3C(F)(F)F)n2Cc2ccc(Cl)cc2)n(I)c(=O)n1CCCO. The summed E-state index contributed by atoms with van der Waals surface area (Å²) < 4.78 is 49.6. The van der Waals surface area contributed by atoms with Crippen molar-refractivity contribution in [2.75, 3.05) is 6.61 Å². The van der Waals surface area contributed by atoms with Crippen molar-refractivity contribution in [1.82, 2.24) is 16.9 Å². The number of hydrogen-bond acceptors (Lipinski definition) is 5. The molecule has 0 spiro atoms. The summed E-state index contributed by atoms with van der Waals surface area (Å²) in [7, 11) is 0. The largest absolute Gasteiger partial charge is 0.425 e.